The predicted octanol–water partition coefficient (Wildman–Crippen LogP) is 1.08. The first-order valence-corrected chi connectivity index (χ1v) is 3.99. The quantitative estimate of drug-likeness (QED) is 0.544. The summed E-state index contributed by atoms with van der Waals surface area (Å²) in [5, 5.41) is 8.43. The van der Waals surface area contributed by atoms with E-state index in [-0.39, 0.29) is 12.5 Å². The standard InChI is InChI=1S/C9H12N2O/c1-7-3-5-11(6-4-10)9(12)8(7)2/h3,5-6H2,1-2H3. The first kappa shape index (κ1) is 8.79. The molecule has 1 rings (SSSR count). The van der Waals surface area contributed by atoms with E-state index in [4.69, 9.17) is 5.26 Å². The van der Waals surface area contributed by atoms with E-state index in [1.165, 1.54) is 0 Å². The van der Waals surface area contributed by atoms with Crippen LogP contribution >= 0.6 is 0 Å². The van der Waals surface area contributed by atoms with Gasteiger partial charge in [0.2, 0.25) is 5.91 Å². The van der Waals surface area contributed by atoms with Crippen LogP contribution in [0.2, 0.25) is 0 Å². The molecule has 1 amide bonds. The van der Waals surface area contributed by atoms with Gasteiger partial charge in [-0.1, -0.05) is 5.57 Å². The summed E-state index contributed by atoms with van der Waals surface area (Å²) in [4.78, 5) is 13.0. The van der Waals surface area contributed by atoms with Gasteiger partial charge in [0, 0.05) is 12.1 Å². The molecule has 0 aromatic carbocycles. The van der Waals surface area contributed by atoms with Crippen molar-refractivity contribution in [3.05, 3.63) is 11.1 Å². The molecule has 12 heavy (non-hydrogen) atoms. The number of hydrogen-bond donors (Lipinski definition) is 0. The van der Waals surface area contributed by atoms with Crippen molar-refractivity contribution in [2.24, 2.45) is 0 Å². The van der Waals surface area contributed by atoms with E-state index in [9.17, 15) is 4.79 Å². The topological polar surface area (TPSA) is 44.1 Å². The Bertz CT molecular complexity index is 273. The molecule has 3 nitrogen and oxygen atoms in total. The lowest BCUT2D eigenvalue weighted by molar-refractivity contribution is -0.127. The van der Waals surface area contributed by atoms with Gasteiger partial charge in [0.1, 0.15) is 6.54 Å². The summed E-state index contributed by atoms with van der Waals surface area (Å²) in [5.74, 6) is 0.0142. The monoisotopic (exact) mass is 164 g/mol. The third-order valence-electron chi connectivity index (χ3n) is 2.27. The number of rotatable bonds is 1. The van der Waals surface area contributed by atoms with E-state index in [1.807, 2.05) is 19.9 Å². The van der Waals surface area contributed by atoms with Crippen molar-refractivity contribution in [2.75, 3.05) is 13.1 Å². The van der Waals surface area contributed by atoms with Gasteiger partial charge in [-0.2, -0.15) is 5.26 Å². The molecule has 0 fully saturated rings. The highest BCUT2D eigenvalue weighted by Crippen LogP contribution is 2.17. The first-order valence-electron chi connectivity index (χ1n) is 3.99. The van der Waals surface area contributed by atoms with Gasteiger partial charge in [-0.25, -0.2) is 0 Å². The molecule has 0 aliphatic carbocycles. The fraction of sp³-hybridized carbons (Fsp3) is 0.556. The van der Waals surface area contributed by atoms with Gasteiger partial charge in [-0.15, -0.1) is 0 Å². The molecule has 0 saturated heterocycles. The molecule has 0 bridgehead atoms. The Kier molecular flexibility index (Phi) is 2.49. The van der Waals surface area contributed by atoms with Crippen molar-refractivity contribution in [2.45, 2.75) is 20.3 Å². The Morgan fingerprint density at radius 1 is 1.58 bits per heavy atom. The molecule has 1 heterocycles. The van der Waals surface area contributed by atoms with Crippen LogP contribution in [0, 0.1) is 11.3 Å². The highest BCUT2D eigenvalue weighted by molar-refractivity contribution is 5.94. The third-order valence-corrected chi connectivity index (χ3v) is 2.27. The number of nitriles is 1. The number of carbonyl (C=O) groups is 1. The molecule has 0 spiro atoms. The lowest BCUT2D eigenvalue weighted by Crippen LogP contribution is -2.36. The minimum Gasteiger partial charge on any atom is -0.325 e. The number of nitrogens with zero attached hydrogens (tertiary/aromatic N) is 2. The van der Waals surface area contributed by atoms with Crippen LogP contribution < -0.4 is 0 Å². The molecule has 0 aromatic rings. The second-order valence-electron chi connectivity index (χ2n) is 3.04. The summed E-state index contributed by atoms with van der Waals surface area (Å²) in [5.41, 5.74) is 1.95. The van der Waals surface area contributed by atoms with E-state index in [2.05, 4.69) is 0 Å². The lowest BCUT2D eigenvalue weighted by Gasteiger charge is -2.25. The van der Waals surface area contributed by atoms with Gasteiger partial charge in [0.25, 0.3) is 0 Å². The molecule has 0 saturated carbocycles. The molecular formula is C9H12N2O. The minimum absolute atomic E-state index is 0.0142. The Balaban J connectivity index is 2.78. The summed E-state index contributed by atoms with van der Waals surface area (Å²) in [6.07, 6.45) is 0.902. The molecule has 0 unspecified atom stereocenters. The Morgan fingerprint density at radius 3 is 2.83 bits per heavy atom. The molecule has 0 atom stereocenters. The summed E-state index contributed by atoms with van der Waals surface area (Å²) in [6.45, 7) is 4.69. The predicted molar refractivity (Wildman–Crippen MR) is 45.2 cm³/mol. The maximum Gasteiger partial charge on any atom is 0.250 e. The minimum atomic E-state index is 0.0142. The van der Waals surface area contributed by atoms with Gasteiger partial charge >= 0.3 is 0 Å². The average Bonchev–Trinajstić information content (AvgIpc) is 2.07. The zero-order valence-electron chi connectivity index (χ0n) is 7.42. The fourth-order valence-electron chi connectivity index (χ4n) is 1.25. The normalized spacial score (nSPS) is 18.1. The molecule has 0 aromatic heterocycles. The van der Waals surface area contributed by atoms with Gasteiger partial charge < -0.3 is 4.90 Å². The van der Waals surface area contributed by atoms with Crippen LogP contribution in [0.25, 0.3) is 0 Å². The van der Waals surface area contributed by atoms with Crippen molar-refractivity contribution >= 4 is 5.91 Å². The van der Waals surface area contributed by atoms with Crippen LogP contribution in [0.15, 0.2) is 11.1 Å². The second-order valence-corrected chi connectivity index (χ2v) is 3.04. The molecule has 3 heteroatoms. The van der Waals surface area contributed by atoms with E-state index in [1.54, 1.807) is 4.90 Å². The summed E-state index contributed by atoms with van der Waals surface area (Å²) >= 11 is 0. The fourth-order valence-corrected chi connectivity index (χ4v) is 1.25. The van der Waals surface area contributed by atoms with Crippen LogP contribution in [0.4, 0.5) is 0 Å². The number of hydrogen-bond acceptors (Lipinski definition) is 2. The maximum atomic E-state index is 11.4. The molecule has 64 valence electrons. The zero-order chi connectivity index (χ0) is 9.14. The van der Waals surface area contributed by atoms with Crippen molar-refractivity contribution < 1.29 is 4.79 Å². The van der Waals surface area contributed by atoms with Crippen LogP contribution in [0.5, 0.6) is 0 Å². The molecular weight excluding hydrogens is 152 g/mol. The van der Waals surface area contributed by atoms with Crippen molar-refractivity contribution in [1.82, 2.24) is 4.90 Å². The number of amides is 1. The van der Waals surface area contributed by atoms with Gasteiger partial charge in [0.05, 0.1) is 6.07 Å². The highest BCUT2D eigenvalue weighted by atomic mass is 16.2. The first-order chi connectivity index (χ1) is 5.66. The molecule has 0 radical (unpaired) electrons. The third kappa shape index (κ3) is 1.48. The second kappa shape index (κ2) is 3.40. The Labute approximate surface area is 72.3 Å². The van der Waals surface area contributed by atoms with Crippen molar-refractivity contribution in [3.8, 4) is 6.07 Å². The SMILES string of the molecule is CC1=C(C)C(=O)N(CC#N)CC1. The Hall–Kier alpha value is -1.30. The number of carbonyl (C=O) groups excluding carboxylic acids is 1. The molecule has 0 N–H and O–H groups in total. The van der Waals surface area contributed by atoms with Gasteiger partial charge in [-0.3, -0.25) is 4.79 Å². The summed E-state index contributed by atoms with van der Waals surface area (Å²) in [7, 11) is 0. The lowest BCUT2D eigenvalue weighted by atomic mass is 10.0. The van der Waals surface area contributed by atoms with E-state index in [0.29, 0.717) is 6.54 Å². The van der Waals surface area contributed by atoms with Crippen molar-refractivity contribution in [1.29, 1.82) is 5.26 Å². The van der Waals surface area contributed by atoms with E-state index >= 15 is 0 Å². The van der Waals surface area contributed by atoms with Gasteiger partial charge in [-0.05, 0) is 20.3 Å². The van der Waals surface area contributed by atoms with Crippen LogP contribution in [0.1, 0.15) is 20.3 Å². The average molecular weight is 164 g/mol. The molecule has 1 aliphatic heterocycles. The van der Waals surface area contributed by atoms with Crippen LogP contribution in [-0.2, 0) is 4.79 Å². The van der Waals surface area contributed by atoms with E-state index < -0.39 is 0 Å². The van der Waals surface area contributed by atoms with Crippen molar-refractivity contribution in [3.63, 3.8) is 0 Å². The Morgan fingerprint density at radius 2 is 2.25 bits per heavy atom. The highest BCUT2D eigenvalue weighted by Gasteiger charge is 2.20. The summed E-state index contributed by atoms with van der Waals surface area (Å²) < 4.78 is 0. The maximum absolute atomic E-state index is 11.4. The van der Waals surface area contributed by atoms with Gasteiger partial charge in [0.15, 0.2) is 0 Å². The summed E-state index contributed by atoms with van der Waals surface area (Å²) in [6, 6.07) is 1.99. The van der Waals surface area contributed by atoms with Crippen LogP contribution in [-0.4, -0.2) is 23.9 Å². The van der Waals surface area contributed by atoms with Crippen LogP contribution in [0.3, 0.4) is 0 Å². The zero-order valence-corrected chi connectivity index (χ0v) is 7.42. The smallest absolute Gasteiger partial charge is 0.250 e. The largest absolute Gasteiger partial charge is 0.325 e. The van der Waals surface area contributed by atoms with E-state index in [0.717, 1.165) is 17.6 Å². The molecule has 1 aliphatic rings.